The van der Waals surface area contributed by atoms with Crippen LogP contribution in [0.15, 0.2) is 72.9 Å². The molecule has 0 radical (unpaired) electrons. The monoisotopic (exact) mass is 780 g/mol. The normalized spacial score (nSPS) is 14.7. The number of carbonyl (C=O) groups excluding carboxylic acids is 2. The van der Waals surface area contributed by atoms with E-state index in [1.807, 2.05) is 36.5 Å². The SMILES string of the molecule is CCCCC/C=C\C/C=C\CCCCCCCC(=O)OC[C@H](COP(=O)(O)OCCN)OC(=O)CCC/C=C\C/C=C\C/C=C\C=C\[C@@H](O)CCCCC. The van der Waals surface area contributed by atoms with Gasteiger partial charge >= 0.3 is 19.8 Å². The van der Waals surface area contributed by atoms with Crippen molar-refractivity contribution in [2.75, 3.05) is 26.4 Å². The molecule has 0 aromatic carbocycles. The first-order valence-electron chi connectivity index (χ1n) is 20.5. The molecule has 0 aromatic heterocycles. The molecule has 0 aliphatic rings. The second kappa shape index (κ2) is 38.7. The van der Waals surface area contributed by atoms with E-state index in [4.69, 9.17) is 24.3 Å². The molecule has 4 N–H and O–H groups in total. The highest BCUT2D eigenvalue weighted by Gasteiger charge is 2.25. The number of hydrogen-bond donors (Lipinski definition) is 3. The number of phosphoric acid groups is 1. The van der Waals surface area contributed by atoms with Gasteiger partial charge in [-0.15, -0.1) is 0 Å². The molecule has 0 aliphatic carbocycles. The van der Waals surface area contributed by atoms with Crippen molar-refractivity contribution < 1.29 is 42.7 Å². The van der Waals surface area contributed by atoms with Crippen LogP contribution in [0.3, 0.4) is 0 Å². The molecule has 0 aliphatic heterocycles. The summed E-state index contributed by atoms with van der Waals surface area (Å²) in [7, 11) is -4.41. The highest BCUT2D eigenvalue weighted by molar-refractivity contribution is 7.47. The van der Waals surface area contributed by atoms with Gasteiger partial charge in [-0.1, -0.05) is 138 Å². The first-order chi connectivity index (χ1) is 26.2. The van der Waals surface area contributed by atoms with Crippen molar-refractivity contribution in [1.82, 2.24) is 0 Å². The molecule has 0 heterocycles. The van der Waals surface area contributed by atoms with Crippen molar-refractivity contribution in [1.29, 1.82) is 0 Å². The van der Waals surface area contributed by atoms with Gasteiger partial charge in [0.15, 0.2) is 6.10 Å². The highest BCUT2D eigenvalue weighted by Crippen LogP contribution is 2.43. The lowest BCUT2D eigenvalue weighted by atomic mass is 10.1. The third-order valence-electron chi connectivity index (χ3n) is 8.17. The number of nitrogens with two attached hydrogens (primary N) is 1. The lowest BCUT2D eigenvalue weighted by molar-refractivity contribution is -0.161. The molecular weight excluding hydrogens is 705 g/mol. The molecule has 0 spiro atoms. The number of unbranched alkanes of at least 4 members (excludes halogenated alkanes) is 11. The van der Waals surface area contributed by atoms with Gasteiger partial charge in [-0.05, 0) is 70.6 Å². The summed E-state index contributed by atoms with van der Waals surface area (Å²) >= 11 is 0. The second-order valence-corrected chi connectivity index (χ2v) is 14.8. The summed E-state index contributed by atoms with van der Waals surface area (Å²) < 4.78 is 32.6. The zero-order chi connectivity index (χ0) is 39.8. The molecule has 310 valence electrons. The Bertz CT molecular complexity index is 1130. The lowest BCUT2D eigenvalue weighted by Crippen LogP contribution is -2.29. The fourth-order valence-corrected chi connectivity index (χ4v) is 5.82. The minimum Gasteiger partial charge on any atom is -0.462 e. The molecule has 0 bridgehead atoms. The zero-order valence-corrected chi connectivity index (χ0v) is 34.4. The summed E-state index contributed by atoms with van der Waals surface area (Å²) in [4.78, 5) is 34.8. The minimum atomic E-state index is -4.41. The fraction of sp³-hybridized carbons (Fsp3) is 0.674. The number of aliphatic hydroxyl groups is 1. The van der Waals surface area contributed by atoms with E-state index in [0.29, 0.717) is 19.3 Å². The first kappa shape index (κ1) is 51.4. The van der Waals surface area contributed by atoms with Gasteiger partial charge < -0.3 is 25.2 Å². The number of carbonyl (C=O) groups is 2. The van der Waals surface area contributed by atoms with Crippen LogP contribution in [0, 0.1) is 0 Å². The second-order valence-electron chi connectivity index (χ2n) is 13.3. The maximum atomic E-state index is 12.5. The van der Waals surface area contributed by atoms with Gasteiger partial charge in [0.25, 0.3) is 0 Å². The van der Waals surface area contributed by atoms with E-state index < -0.39 is 32.5 Å². The Morgan fingerprint density at radius 2 is 1.20 bits per heavy atom. The summed E-state index contributed by atoms with van der Waals surface area (Å²) in [6, 6.07) is 0. The summed E-state index contributed by atoms with van der Waals surface area (Å²) in [6.45, 7) is 3.46. The predicted octanol–water partition coefficient (Wildman–Crippen LogP) is 10.5. The standard InChI is InChI=1S/C43H74NO9P/c1-3-5-7-8-9-10-11-12-13-14-17-20-23-26-30-34-42(46)50-38-41(39-52-54(48,49)51-37-36-44)53-43(47)35-31-27-24-21-18-15-16-19-22-25-29-33-40(45)32-28-6-4-2/h9-10,12-13,15-16,21-22,24-25,29,33,40-41,45H,3-8,11,14,17-20,23,26-28,30-32,34-39,44H2,1-2H3,(H,48,49)/b10-9-,13-12-,16-15-,24-21-,25-22-,33-29+/t40-,41+/m0/s1. The maximum Gasteiger partial charge on any atom is 0.472 e. The van der Waals surface area contributed by atoms with Crippen molar-refractivity contribution in [3.63, 3.8) is 0 Å². The minimum absolute atomic E-state index is 0.0316. The number of aliphatic hydroxyl groups excluding tert-OH is 1. The van der Waals surface area contributed by atoms with E-state index in [9.17, 15) is 24.2 Å². The third kappa shape index (κ3) is 37.7. The lowest BCUT2D eigenvalue weighted by Gasteiger charge is -2.19. The Hall–Kier alpha value is -2.59. The molecule has 0 aromatic rings. The van der Waals surface area contributed by atoms with Gasteiger partial charge in [0.1, 0.15) is 6.61 Å². The molecule has 0 fully saturated rings. The van der Waals surface area contributed by atoms with Crippen LogP contribution in [-0.4, -0.2) is 60.5 Å². The van der Waals surface area contributed by atoms with Crippen LogP contribution in [0.5, 0.6) is 0 Å². The Kier molecular flexibility index (Phi) is 36.8. The van der Waals surface area contributed by atoms with Crippen molar-refractivity contribution in [3.05, 3.63) is 72.9 Å². The van der Waals surface area contributed by atoms with Crippen LogP contribution in [0.25, 0.3) is 0 Å². The van der Waals surface area contributed by atoms with Gasteiger partial charge in [-0.3, -0.25) is 18.6 Å². The number of allylic oxidation sites excluding steroid dienone is 11. The Morgan fingerprint density at radius 3 is 1.87 bits per heavy atom. The molecule has 54 heavy (non-hydrogen) atoms. The number of esters is 2. The van der Waals surface area contributed by atoms with Gasteiger partial charge in [0, 0.05) is 19.4 Å². The van der Waals surface area contributed by atoms with Crippen LogP contribution < -0.4 is 5.73 Å². The summed E-state index contributed by atoms with van der Waals surface area (Å²) in [5.41, 5.74) is 5.33. The molecule has 0 saturated carbocycles. The van der Waals surface area contributed by atoms with E-state index in [1.54, 1.807) is 0 Å². The van der Waals surface area contributed by atoms with E-state index in [0.717, 1.165) is 77.0 Å². The zero-order valence-electron chi connectivity index (χ0n) is 33.5. The van der Waals surface area contributed by atoms with Crippen LogP contribution in [0.4, 0.5) is 0 Å². The van der Waals surface area contributed by atoms with Gasteiger partial charge in [0.05, 0.1) is 19.3 Å². The van der Waals surface area contributed by atoms with E-state index in [-0.39, 0.29) is 38.7 Å². The molecule has 1 unspecified atom stereocenters. The molecule has 0 saturated heterocycles. The first-order valence-corrected chi connectivity index (χ1v) is 22.0. The average Bonchev–Trinajstić information content (AvgIpc) is 3.15. The Morgan fingerprint density at radius 1 is 0.648 bits per heavy atom. The molecule has 0 amide bonds. The quantitative estimate of drug-likeness (QED) is 0.0182. The third-order valence-corrected chi connectivity index (χ3v) is 9.15. The van der Waals surface area contributed by atoms with Crippen LogP contribution in [0.2, 0.25) is 0 Å². The number of phosphoric ester groups is 1. The Labute approximate surface area is 327 Å². The average molecular weight is 780 g/mol. The number of rotatable bonds is 37. The van der Waals surface area contributed by atoms with Gasteiger partial charge in [-0.2, -0.15) is 0 Å². The summed E-state index contributed by atoms with van der Waals surface area (Å²) in [5, 5.41) is 9.89. The molecule has 11 heteroatoms. The summed E-state index contributed by atoms with van der Waals surface area (Å²) in [5.74, 6) is -0.944. The van der Waals surface area contributed by atoms with Crippen molar-refractivity contribution in [3.8, 4) is 0 Å². The maximum absolute atomic E-state index is 12.5. The highest BCUT2D eigenvalue weighted by atomic mass is 31.2. The molecule has 10 nitrogen and oxygen atoms in total. The van der Waals surface area contributed by atoms with Crippen molar-refractivity contribution in [2.45, 2.75) is 161 Å². The van der Waals surface area contributed by atoms with Gasteiger partial charge in [0.2, 0.25) is 0 Å². The topological polar surface area (TPSA) is 155 Å². The largest absolute Gasteiger partial charge is 0.472 e. The van der Waals surface area contributed by atoms with E-state index >= 15 is 0 Å². The summed E-state index contributed by atoms with van der Waals surface area (Å²) in [6.07, 6.45) is 42.6. The Balaban J connectivity index is 4.38. The number of hydrogen-bond acceptors (Lipinski definition) is 9. The predicted molar refractivity (Wildman–Crippen MR) is 221 cm³/mol. The smallest absolute Gasteiger partial charge is 0.462 e. The molecule has 3 atom stereocenters. The van der Waals surface area contributed by atoms with Crippen LogP contribution in [-0.2, 0) is 32.7 Å². The van der Waals surface area contributed by atoms with Crippen LogP contribution >= 0.6 is 7.82 Å². The molecular formula is C43H74NO9P. The van der Waals surface area contributed by atoms with E-state index in [1.165, 1.54) is 25.7 Å². The van der Waals surface area contributed by atoms with E-state index in [2.05, 4.69) is 50.3 Å². The van der Waals surface area contributed by atoms with Crippen LogP contribution in [0.1, 0.15) is 149 Å². The fourth-order valence-electron chi connectivity index (χ4n) is 5.06. The molecule has 0 rings (SSSR count). The van der Waals surface area contributed by atoms with Gasteiger partial charge in [-0.25, -0.2) is 4.57 Å². The van der Waals surface area contributed by atoms with Crippen molar-refractivity contribution in [2.24, 2.45) is 5.73 Å². The number of ether oxygens (including phenoxy) is 2. The van der Waals surface area contributed by atoms with Crippen molar-refractivity contribution >= 4 is 19.8 Å².